The van der Waals surface area contributed by atoms with Crippen LogP contribution in [-0.2, 0) is 0 Å². The number of anilines is 1. The van der Waals surface area contributed by atoms with E-state index in [1.165, 1.54) is 12.1 Å². The van der Waals surface area contributed by atoms with Gasteiger partial charge >= 0.3 is 0 Å². The van der Waals surface area contributed by atoms with E-state index in [1.807, 2.05) is 6.92 Å². The minimum absolute atomic E-state index is 0.219. The lowest BCUT2D eigenvalue weighted by molar-refractivity contribution is 0.0350. The molecule has 0 saturated heterocycles. The van der Waals surface area contributed by atoms with Gasteiger partial charge in [0.25, 0.3) is 0 Å². The highest BCUT2D eigenvalue weighted by atomic mass is 19.1. The molecule has 0 aromatic heterocycles. The highest BCUT2D eigenvalue weighted by Gasteiger charge is 2.22. The van der Waals surface area contributed by atoms with E-state index in [-0.39, 0.29) is 5.82 Å². The van der Waals surface area contributed by atoms with E-state index < -0.39 is 5.60 Å². The fourth-order valence-electron chi connectivity index (χ4n) is 2.14. The molecule has 3 N–H and O–H groups in total. The van der Waals surface area contributed by atoms with Crippen LogP contribution in [0, 0.1) is 5.82 Å². The van der Waals surface area contributed by atoms with Gasteiger partial charge in [-0.15, -0.1) is 0 Å². The first-order valence-corrected chi connectivity index (χ1v) is 6.97. The summed E-state index contributed by atoms with van der Waals surface area (Å²) >= 11 is 0. The molecule has 0 bridgehead atoms. The fourth-order valence-corrected chi connectivity index (χ4v) is 2.14. The van der Waals surface area contributed by atoms with E-state index in [0.29, 0.717) is 19.4 Å². The third-order valence-corrected chi connectivity index (χ3v) is 3.68. The third kappa shape index (κ3) is 4.80. The summed E-state index contributed by atoms with van der Waals surface area (Å²) in [6, 6.07) is 6.52. The van der Waals surface area contributed by atoms with Crippen LogP contribution >= 0.6 is 0 Å². The second kappa shape index (κ2) is 7.46. The first-order chi connectivity index (χ1) is 9.04. The van der Waals surface area contributed by atoms with Gasteiger partial charge in [0.1, 0.15) is 5.82 Å². The van der Waals surface area contributed by atoms with E-state index in [1.54, 1.807) is 12.1 Å². The molecule has 1 rings (SSSR count). The Bertz CT molecular complexity index is 363. The Morgan fingerprint density at radius 1 is 1.26 bits per heavy atom. The van der Waals surface area contributed by atoms with Gasteiger partial charge in [-0.3, -0.25) is 0 Å². The van der Waals surface area contributed by atoms with Crippen LogP contribution < -0.4 is 10.6 Å². The van der Waals surface area contributed by atoms with Crippen molar-refractivity contribution in [3.05, 3.63) is 30.1 Å². The van der Waals surface area contributed by atoms with Crippen molar-refractivity contribution in [2.75, 3.05) is 24.5 Å². The minimum Gasteiger partial charge on any atom is -0.389 e. The molecular weight excluding hydrogens is 243 g/mol. The maximum absolute atomic E-state index is 12.9. The minimum atomic E-state index is -0.748. The molecule has 0 aliphatic heterocycles. The first kappa shape index (κ1) is 15.9. The van der Waals surface area contributed by atoms with E-state index in [4.69, 9.17) is 5.73 Å². The Balaban J connectivity index is 2.52. The molecule has 0 spiro atoms. The summed E-state index contributed by atoms with van der Waals surface area (Å²) < 4.78 is 12.9. The molecule has 0 saturated carbocycles. The summed E-state index contributed by atoms with van der Waals surface area (Å²) in [5.74, 6) is -0.219. The first-order valence-electron chi connectivity index (χ1n) is 6.97. The Hall–Kier alpha value is -1.13. The maximum atomic E-state index is 12.9. The zero-order chi connectivity index (χ0) is 14.3. The smallest absolute Gasteiger partial charge is 0.123 e. The zero-order valence-corrected chi connectivity index (χ0v) is 11.9. The second-order valence-electron chi connectivity index (χ2n) is 4.94. The molecule has 1 atom stereocenters. The summed E-state index contributed by atoms with van der Waals surface area (Å²) in [6.07, 6.45) is 2.23. The predicted molar refractivity (Wildman–Crippen MR) is 77.8 cm³/mol. The molecule has 1 unspecified atom stereocenters. The van der Waals surface area contributed by atoms with Gasteiger partial charge in [-0.25, -0.2) is 4.39 Å². The maximum Gasteiger partial charge on any atom is 0.123 e. The topological polar surface area (TPSA) is 49.5 Å². The average molecular weight is 268 g/mol. The van der Waals surface area contributed by atoms with E-state index in [0.717, 1.165) is 25.2 Å². The number of hydrogen-bond acceptors (Lipinski definition) is 3. The van der Waals surface area contributed by atoms with Gasteiger partial charge in [-0.05, 0) is 50.5 Å². The Labute approximate surface area is 115 Å². The lowest BCUT2D eigenvalue weighted by Crippen LogP contribution is -2.38. The van der Waals surface area contributed by atoms with Crippen molar-refractivity contribution in [1.82, 2.24) is 0 Å². The monoisotopic (exact) mass is 268 g/mol. The SMILES string of the molecule is CCN(CCCC(O)(CC)CN)c1ccc(F)cc1. The number of rotatable bonds is 8. The molecular formula is C15H25FN2O. The number of benzene rings is 1. The molecule has 3 nitrogen and oxygen atoms in total. The summed E-state index contributed by atoms with van der Waals surface area (Å²) in [6.45, 7) is 6.01. The summed E-state index contributed by atoms with van der Waals surface area (Å²) in [5.41, 5.74) is 5.85. The van der Waals surface area contributed by atoms with Gasteiger partial charge in [-0.2, -0.15) is 0 Å². The highest BCUT2D eigenvalue weighted by Crippen LogP contribution is 2.19. The summed E-state index contributed by atoms with van der Waals surface area (Å²) in [4.78, 5) is 2.17. The van der Waals surface area contributed by atoms with Crippen LogP contribution in [0.5, 0.6) is 0 Å². The quantitative estimate of drug-likeness (QED) is 0.761. The Kier molecular flexibility index (Phi) is 6.25. The zero-order valence-electron chi connectivity index (χ0n) is 11.9. The molecule has 1 aromatic rings. The van der Waals surface area contributed by atoms with Crippen molar-refractivity contribution in [2.45, 2.75) is 38.7 Å². The number of nitrogens with two attached hydrogens (primary N) is 1. The van der Waals surface area contributed by atoms with E-state index >= 15 is 0 Å². The van der Waals surface area contributed by atoms with Crippen molar-refractivity contribution in [3.63, 3.8) is 0 Å². The van der Waals surface area contributed by atoms with Crippen molar-refractivity contribution < 1.29 is 9.50 Å². The standard InChI is InChI=1S/C15H25FN2O/c1-3-15(19,12-17)10-5-11-18(4-2)14-8-6-13(16)7-9-14/h6-9,19H,3-5,10-12,17H2,1-2H3. The van der Waals surface area contributed by atoms with Crippen LogP contribution in [0.1, 0.15) is 33.1 Å². The molecule has 0 fully saturated rings. The fraction of sp³-hybridized carbons (Fsp3) is 0.600. The predicted octanol–water partition coefficient (Wildman–Crippen LogP) is 2.53. The number of aliphatic hydroxyl groups is 1. The van der Waals surface area contributed by atoms with Crippen molar-refractivity contribution in [3.8, 4) is 0 Å². The number of nitrogens with zero attached hydrogens (tertiary/aromatic N) is 1. The molecule has 19 heavy (non-hydrogen) atoms. The van der Waals surface area contributed by atoms with Crippen LogP contribution in [-0.4, -0.2) is 30.3 Å². The molecule has 1 aromatic carbocycles. The van der Waals surface area contributed by atoms with Gasteiger partial charge in [0, 0.05) is 25.3 Å². The molecule has 0 aliphatic rings. The highest BCUT2D eigenvalue weighted by molar-refractivity contribution is 5.45. The van der Waals surface area contributed by atoms with Crippen LogP contribution in [0.4, 0.5) is 10.1 Å². The largest absolute Gasteiger partial charge is 0.389 e. The molecule has 0 aliphatic carbocycles. The molecule has 0 heterocycles. The third-order valence-electron chi connectivity index (χ3n) is 3.68. The molecule has 108 valence electrons. The Morgan fingerprint density at radius 2 is 1.89 bits per heavy atom. The molecule has 0 radical (unpaired) electrons. The van der Waals surface area contributed by atoms with Crippen molar-refractivity contribution in [1.29, 1.82) is 0 Å². The average Bonchev–Trinajstić information content (AvgIpc) is 2.44. The van der Waals surface area contributed by atoms with Crippen LogP contribution in [0.25, 0.3) is 0 Å². The second-order valence-corrected chi connectivity index (χ2v) is 4.94. The number of hydrogen-bond donors (Lipinski definition) is 2. The van der Waals surface area contributed by atoms with Crippen LogP contribution in [0.15, 0.2) is 24.3 Å². The van der Waals surface area contributed by atoms with Crippen molar-refractivity contribution >= 4 is 5.69 Å². The van der Waals surface area contributed by atoms with Crippen LogP contribution in [0.2, 0.25) is 0 Å². The lowest BCUT2D eigenvalue weighted by atomic mass is 9.95. The number of halogens is 1. The van der Waals surface area contributed by atoms with Crippen molar-refractivity contribution in [2.24, 2.45) is 5.73 Å². The van der Waals surface area contributed by atoms with E-state index in [2.05, 4.69) is 11.8 Å². The van der Waals surface area contributed by atoms with E-state index in [9.17, 15) is 9.50 Å². The molecule has 4 heteroatoms. The summed E-state index contributed by atoms with van der Waals surface area (Å²) in [5, 5.41) is 10.1. The van der Waals surface area contributed by atoms with Gasteiger partial charge < -0.3 is 15.7 Å². The molecule has 0 amide bonds. The summed E-state index contributed by atoms with van der Waals surface area (Å²) in [7, 11) is 0. The van der Waals surface area contributed by atoms with Gasteiger partial charge in [0.15, 0.2) is 0 Å². The van der Waals surface area contributed by atoms with Crippen LogP contribution in [0.3, 0.4) is 0 Å². The Morgan fingerprint density at radius 3 is 2.37 bits per heavy atom. The van der Waals surface area contributed by atoms with Gasteiger partial charge in [0.2, 0.25) is 0 Å². The van der Waals surface area contributed by atoms with Gasteiger partial charge in [-0.1, -0.05) is 6.92 Å². The normalized spacial score (nSPS) is 14.2. The van der Waals surface area contributed by atoms with Gasteiger partial charge in [0.05, 0.1) is 5.60 Å². The lowest BCUT2D eigenvalue weighted by Gasteiger charge is -2.28.